The summed E-state index contributed by atoms with van der Waals surface area (Å²) in [6, 6.07) is 10.1. The number of carbonyl (C=O) groups is 2. The molecule has 8 heteroatoms. The lowest BCUT2D eigenvalue weighted by Gasteiger charge is -2.15. The number of hydrogen-bond acceptors (Lipinski definition) is 4. The summed E-state index contributed by atoms with van der Waals surface area (Å²) in [4.78, 5) is 25.5. The van der Waals surface area contributed by atoms with Crippen LogP contribution in [-0.2, 0) is 15.8 Å². The molecule has 3 rings (SSSR count). The molecule has 1 saturated heterocycles. The van der Waals surface area contributed by atoms with E-state index >= 15 is 0 Å². The number of nitrogens with zero attached hydrogens (tertiary/aromatic N) is 1. The molecule has 1 amide bonds. The SMILES string of the molecule is COc1ccc(C(O)=C2CN(c3ccc(C(F)(F)F)cc3)C(=O)C2=O)cc1. The first kappa shape index (κ1) is 18.5. The first-order chi connectivity index (χ1) is 12.7. The number of aliphatic hydroxyl groups excluding tert-OH is 1. The lowest BCUT2D eigenvalue weighted by molar-refractivity contribution is -0.137. The monoisotopic (exact) mass is 377 g/mol. The fourth-order valence-corrected chi connectivity index (χ4v) is 2.70. The lowest BCUT2D eigenvalue weighted by Crippen LogP contribution is -2.26. The zero-order chi connectivity index (χ0) is 19.8. The van der Waals surface area contributed by atoms with Gasteiger partial charge in [-0.25, -0.2) is 0 Å². The second kappa shape index (κ2) is 6.79. The number of methoxy groups -OCH3 is 1. The highest BCUT2D eigenvalue weighted by Crippen LogP contribution is 2.32. The van der Waals surface area contributed by atoms with Crippen LogP contribution in [0.15, 0.2) is 54.1 Å². The third-order valence-electron chi connectivity index (χ3n) is 4.19. The number of Topliss-reactive ketones (excluding diaryl/α,β-unsaturated/α-hetero) is 1. The van der Waals surface area contributed by atoms with Crippen LogP contribution in [-0.4, -0.2) is 30.5 Å². The first-order valence-corrected chi connectivity index (χ1v) is 7.82. The molecule has 0 radical (unpaired) electrons. The first-order valence-electron chi connectivity index (χ1n) is 7.82. The van der Waals surface area contributed by atoms with Gasteiger partial charge in [-0.05, 0) is 48.5 Å². The number of halogens is 3. The van der Waals surface area contributed by atoms with E-state index in [4.69, 9.17) is 4.74 Å². The van der Waals surface area contributed by atoms with Gasteiger partial charge in [0.15, 0.2) is 0 Å². The van der Waals surface area contributed by atoms with Crippen LogP contribution in [0.3, 0.4) is 0 Å². The summed E-state index contributed by atoms with van der Waals surface area (Å²) >= 11 is 0. The molecule has 140 valence electrons. The quantitative estimate of drug-likeness (QED) is 0.504. The van der Waals surface area contributed by atoms with E-state index in [0.29, 0.717) is 11.3 Å². The summed E-state index contributed by atoms with van der Waals surface area (Å²) in [6.07, 6.45) is -4.50. The average molecular weight is 377 g/mol. The summed E-state index contributed by atoms with van der Waals surface area (Å²) < 4.78 is 43.0. The van der Waals surface area contributed by atoms with E-state index in [0.717, 1.165) is 29.2 Å². The molecule has 0 unspecified atom stereocenters. The number of amides is 1. The maximum atomic E-state index is 12.7. The maximum Gasteiger partial charge on any atom is 0.416 e. The predicted molar refractivity (Wildman–Crippen MR) is 91.3 cm³/mol. The third kappa shape index (κ3) is 3.51. The minimum atomic E-state index is -4.50. The Balaban J connectivity index is 1.91. The van der Waals surface area contributed by atoms with Crippen molar-refractivity contribution < 1.29 is 32.6 Å². The van der Waals surface area contributed by atoms with Crippen LogP contribution in [0, 0.1) is 0 Å². The number of ketones is 1. The molecule has 1 N–H and O–H groups in total. The number of alkyl halides is 3. The lowest BCUT2D eigenvalue weighted by atomic mass is 10.1. The highest BCUT2D eigenvalue weighted by atomic mass is 19.4. The van der Waals surface area contributed by atoms with Crippen molar-refractivity contribution in [3.05, 3.63) is 65.2 Å². The van der Waals surface area contributed by atoms with Crippen LogP contribution in [0.2, 0.25) is 0 Å². The van der Waals surface area contributed by atoms with Crippen molar-refractivity contribution >= 4 is 23.1 Å². The maximum absolute atomic E-state index is 12.7. The van der Waals surface area contributed by atoms with E-state index in [2.05, 4.69) is 0 Å². The summed E-state index contributed by atoms with van der Waals surface area (Å²) in [6.45, 7) is -0.235. The van der Waals surface area contributed by atoms with Gasteiger partial charge in [0, 0.05) is 11.3 Å². The number of aliphatic hydroxyl groups is 1. The zero-order valence-corrected chi connectivity index (χ0v) is 14.1. The molecular weight excluding hydrogens is 363 g/mol. The molecule has 0 aromatic heterocycles. The van der Waals surface area contributed by atoms with Gasteiger partial charge < -0.3 is 14.7 Å². The Bertz CT molecular complexity index is 915. The minimum absolute atomic E-state index is 0.120. The number of ether oxygens (including phenoxy) is 1. The van der Waals surface area contributed by atoms with Gasteiger partial charge in [-0.3, -0.25) is 9.59 Å². The van der Waals surface area contributed by atoms with E-state index in [1.54, 1.807) is 12.1 Å². The second-order valence-corrected chi connectivity index (χ2v) is 5.82. The second-order valence-electron chi connectivity index (χ2n) is 5.82. The minimum Gasteiger partial charge on any atom is -0.507 e. The molecule has 0 aliphatic carbocycles. The Hall–Kier alpha value is -3.29. The topological polar surface area (TPSA) is 66.8 Å². The van der Waals surface area contributed by atoms with Crippen LogP contribution >= 0.6 is 0 Å². The molecule has 0 bridgehead atoms. The van der Waals surface area contributed by atoms with Gasteiger partial charge in [0.05, 0.1) is 24.8 Å². The van der Waals surface area contributed by atoms with Crippen molar-refractivity contribution in [2.75, 3.05) is 18.6 Å². The summed E-state index contributed by atoms with van der Waals surface area (Å²) in [7, 11) is 1.48. The molecule has 1 heterocycles. The fraction of sp³-hybridized carbons (Fsp3) is 0.158. The van der Waals surface area contributed by atoms with E-state index in [1.807, 2.05) is 0 Å². The Labute approximate surface area is 152 Å². The predicted octanol–water partition coefficient (Wildman–Crippen LogP) is 3.60. The Morgan fingerprint density at radius 2 is 1.63 bits per heavy atom. The number of benzene rings is 2. The van der Waals surface area contributed by atoms with Gasteiger partial charge in [0.25, 0.3) is 11.7 Å². The Morgan fingerprint density at radius 1 is 1.04 bits per heavy atom. The van der Waals surface area contributed by atoms with Crippen LogP contribution < -0.4 is 9.64 Å². The van der Waals surface area contributed by atoms with Gasteiger partial charge in [-0.2, -0.15) is 13.2 Å². The van der Waals surface area contributed by atoms with Gasteiger partial charge in [0.1, 0.15) is 11.5 Å². The van der Waals surface area contributed by atoms with Gasteiger partial charge in [-0.15, -0.1) is 0 Å². The molecule has 1 aliphatic heterocycles. The number of hydrogen-bond donors (Lipinski definition) is 1. The van der Waals surface area contributed by atoms with E-state index in [9.17, 15) is 27.9 Å². The Kier molecular flexibility index (Phi) is 4.65. The number of rotatable bonds is 3. The smallest absolute Gasteiger partial charge is 0.416 e. The molecule has 2 aromatic carbocycles. The largest absolute Gasteiger partial charge is 0.507 e. The molecule has 5 nitrogen and oxygen atoms in total. The molecule has 27 heavy (non-hydrogen) atoms. The van der Waals surface area contributed by atoms with E-state index in [-0.39, 0.29) is 23.6 Å². The van der Waals surface area contributed by atoms with Crippen molar-refractivity contribution in [2.24, 2.45) is 0 Å². The van der Waals surface area contributed by atoms with Crippen LogP contribution in [0.25, 0.3) is 5.76 Å². The van der Waals surface area contributed by atoms with E-state index < -0.39 is 23.4 Å². The standard InChI is InChI=1S/C19H14F3NO4/c1-27-14-8-2-11(3-9-14)16(24)15-10-23(18(26)17(15)25)13-6-4-12(5-7-13)19(20,21)22/h2-9,24H,10H2,1H3. The third-order valence-corrected chi connectivity index (χ3v) is 4.19. The Morgan fingerprint density at radius 3 is 2.15 bits per heavy atom. The van der Waals surface area contributed by atoms with Crippen molar-refractivity contribution in [3.63, 3.8) is 0 Å². The number of anilines is 1. The average Bonchev–Trinajstić information content (AvgIpc) is 2.96. The molecule has 0 saturated carbocycles. The number of carbonyl (C=O) groups excluding carboxylic acids is 2. The fourth-order valence-electron chi connectivity index (χ4n) is 2.70. The normalized spacial score (nSPS) is 16.7. The van der Waals surface area contributed by atoms with Crippen LogP contribution in [0.4, 0.5) is 18.9 Å². The van der Waals surface area contributed by atoms with Gasteiger partial charge in [0.2, 0.25) is 0 Å². The van der Waals surface area contributed by atoms with Gasteiger partial charge >= 0.3 is 6.18 Å². The van der Waals surface area contributed by atoms with Crippen LogP contribution in [0.1, 0.15) is 11.1 Å². The summed E-state index contributed by atoms with van der Waals surface area (Å²) in [5.41, 5.74) is -0.522. The highest BCUT2D eigenvalue weighted by molar-refractivity contribution is 6.51. The van der Waals surface area contributed by atoms with Crippen molar-refractivity contribution in [3.8, 4) is 5.75 Å². The summed E-state index contributed by atoms with van der Waals surface area (Å²) in [5, 5.41) is 10.4. The van der Waals surface area contributed by atoms with Crippen molar-refractivity contribution in [1.82, 2.24) is 0 Å². The molecule has 1 aliphatic rings. The van der Waals surface area contributed by atoms with Crippen LogP contribution in [0.5, 0.6) is 5.75 Å². The zero-order valence-electron chi connectivity index (χ0n) is 14.1. The molecule has 0 spiro atoms. The molecule has 0 atom stereocenters. The highest BCUT2D eigenvalue weighted by Gasteiger charge is 2.38. The molecular formula is C19H14F3NO4. The molecule has 1 fully saturated rings. The van der Waals surface area contributed by atoms with Gasteiger partial charge in [-0.1, -0.05) is 0 Å². The van der Waals surface area contributed by atoms with E-state index in [1.165, 1.54) is 19.2 Å². The van der Waals surface area contributed by atoms with Crippen molar-refractivity contribution in [2.45, 2.75) is 6.18 Å². The summed E-state index contributed by atoms with van der Waals surface area (Å²) in [5.74, 6) is -1.62. The molecule has 2 aromatic rings. The van der Waals surface area contributed by atoms with Crippen molar-refractivity contribution in [1.29, 1.82) is 0 Å².